The molecule has 20 heavy (non-hydrogen) atoms. The highest BCUT2D eigenvalue weighted by atomic mass is 16.5. The predicted octanol–water partition coefficient (Wildman–Crippen LogP) is 4.33. The van der Waals surface area contributed by atoms with Gasteiger partial charge in [-0.25, -0.2) is 0 Å². The lowest BCUT2D eigenvalue weighted by molar-refractivity contribution is 0.112. The van der Waals surface area contributed by atoms with Gasteiger partial charge in [0.1, 0.15) is 5.75 Å². The van der Waals surface area contributed by atoms with Crippen molar-refractivity contribution in [2.24, 2.45) is 0 Å². The molecule has 0 aliphatic rings. The van der Waals surface area contributed by atoms with E-state index in [0.717, 1.165) is 33.9 Å². The van der Waals surface area contributed by atoms with E-state index in [-0.39, 0.29) is 0 Å². The first-order valence-corrected chi connectivity index (χ1v) is 6.45. The van der Waals surface area contributed by atoms with Crippen LogP contribution in [0, 0.1) is 0 Å². The van der Waals surface area contributed by atoms with Crippen molar-refractivity contribution in [3.63, 3.8) is 0 Å². The molecule has 0 amide bonds. The van der Waals surface area contributed by atoms with E-state index in [1.165, 1.54) is 0 Å². The Kier molecular flexibility index (Phi) is 3.21. The molecule has 2 heteroatoms. The quantitative estimate of drug-likeness (QED) is 0.657. The summed E-state index contributed by atoms with van der Waals surface area (Å²) in [5, 5.41) is 2.21. The molecule has 0 aromatic heterocycles. The fraction of sp³-hybridized carbons (Fsp3) is 0.0556. The summed E-state index contributed by atoms with van der Waals surface area (Å²) in [6, 6.07) is 19.7. The number of carbonyl (C=O) groups excluding carboxylic acids is 1. The van der Waals surface area contributed by atoms with Crippen LogP contribution in [0.25, 0.3) is 21.9 Å². The van der Waals surface area contributed by atoms with Gasteiger partial charge in [-0.3, -0.25) is 4.79 Å². The summed E-state index contributed by atoms with van der Waals surface area (Å²) < 4.78 is 5.49. The number of hydrogen-bond acceptors (Lipinski definition) is 2. The standard InChI is InChI=1S/C18H14O2/c1-20-17-11-10-13-6-2-4-8-15(13)18(17)16-9-5-3-7-14(16)12-19/h2-12H,1H3. The fourth-order valence-electron chi connectivity index (χ4n) is 2.53. The van der Waals surface area contributed by atoms with Crippen molar-refractivity contribution in [1.29, 1.82) is 0 Å². The lowest BCUT2D eigenvalue weighted by Gasteiger charge is -2.13. The molecule has 0 atom stereocenters. The van der Waals surface area contributed by atoms with Gasteiger partial charge in [-0.05, 0) is 22.4 Å². The lowest BCUT2D eigenvalue weighted by Crippen LogP contribution is -1.93. The van der Waals surface area contributed by atoms with Gasteiger partial charge in [-0.1, -0.05) is 54.6 Å². The van der Waals surface area contributed by atoms with Crippen LogP contribution < -0.4 is 4.74 Å². The molecule has 3 aromatic rings. The summed E-state index contributed by atoms with van der Waals surface area (Å²) in [5.41, 5.74) is 2.53. The van der Waals surface area contributed by atoms with Crippen LogP contribution in [0.2, 0.25) is 0 Å². The molecule has 0 radical (unpaired) electrons. The number of methoxy groups -OCH3 is 1. The van der Waals surface area contributed by atoms with E-state index in [2.05, 4.69) is 12.1 Å². The minimum absolute atomic E-state index is 0.669. The Hall–Kier alpha value is -2.61. The Bertz CT molecular complexity index is 775. The van der Waals surface area contributed by atoms with E-state index in [4.69, 9.17) is 4.74 Å². The molecule has 0 bridgehead atoms. The zero-order valence-electron chi connectivity index (χ0n) is 11.2. The Morgan fingerprint density at radius 2 is 1.65 bits per heavy atom. The highest BCUT2D eigenvalue weighted by Gasteiger charge is 2.13. The van der Waals surface area contributed by atoms with Gasteiger partial charge in [0.25, 0.3) is 0 Å². The molecule has 0 N–H and O–H groups in total. The summed E-state index contributed by atoms with van der Waals surface area (Å²) in [4.78, 5) is 11.3. The third-order valence-corrected chi connectivity index (χ3v) is 3.47. The van der Waals surface area contributed by atoms with Crippen LogP contribution in [0.3, 0.4) is 0 Å². The second kappa shape index (κ2) is 5.17. The Balaban J connectivity index is 2.42. The van der Waals surface area contributed by atoms with Crippen molar-refractivity contribution in [2.45, 2.75) is 0 Å². The number of benzene rings is 3. The van der Waals surface area contributed by atoms with Crippen LogP contribution in [-0.4, -0.2) is 13.4 Å². The number of aldehydes is 1. The van der Waals surface area contributed by atoms with Crippen molar-refractivity contribution in [1.82, 2.24) is 0 Å². The molecule has 0 aliphatic heterocycles. The largest absolute Gasteiger partial charge is 0.496 e. The van der Waals surface area contributed by atoms with E-state index in [0.29, 0.717) is 5.56 Å². The molecule has 0 saturated heterocycles. The third-order valence-electron chi connectivity index (χ3n) is 3.47. The Morgan fingerprint density at radius 3 is 2.45 bits per heavy atom. The zero-order chi connectivity index (χ0) is 13.9. The van der Waals surface area contributed by atoms with Crippen molar-refractivity contribution in [2.75, 3.05) is 7.11 Å². The van der Waals surface area contributed by atoms with Crippen LogP contribution >= 0.6 is 0 Å². The maximum absolute atomic E-state index is 11.3. The van der Waals surface area contributed by atoms with Crippen molar-refractivity contribution >= 4 is 17.1 Å². The topological polar surface area (TPSA) is 26.3 Å². The average molecular weight is 262 g/mol. The van der Waals surface area contributed by atoms with Crippen molar-refractivity contribution in [3.05, 3.63) is 66.2 Å². The zero-order valence-corrected chi connectivity index (χ0v) is 11.2. The summed E-state index contributed by atoms with van der Waals surface area (Å²) in [7, 11) is 1.65. The van der Waals surface area contributed by atoms with Crippen LogP contribution in [-0.2, 0) is 0 Å². The normalized spacial score (nSPS) is 10.4. The summed E-state index contributed by atoms with van der Waals surface area (Å²) in [6.07, 6.45) is 0.885. The van der Waals surface area contributed by atoms with E-state index in [9.17, 15) is 4.79 Å². The molecular weight excluding hydrogens is 248 g/mol. The molecule has 0 heterocycles. The minimum atomic E-state index is 0.669. The second-order valence-corrected chi connectivity index (χ2v) is 4.57. The molecule has 2 nitrogen and oxygen atoms in total. The maximum atomic E-state index is 11.3. The first-order valence-electron chi connectivity index (χ1n) is 6.45. The SMILES string of the molecule is COc1ccc2ccccc2c1-c1ccccc1C=O. The van der Waals surface area contributed by atoms with Crippen LogP contribution in [0.1, 0.15) is 10.4 Å². The Labute approximate surface area is 117 Å². The van der Waals surface area contributed by atoms with E-state index >= 15 is 0 Å². The van der Waals surface area contributed by atoms with Crippen LogP contribution in [0.4, 0.5) is 0 Å². The lowest BCUT2D eigenvalue weighted by atomic mass is 9.94. The van der Waals surface area contributed by atoms with Gasteiger partial charge in [0, 0.05) is 11.1 Å². The van der Waals surface area contributed by atoms with Crippen LogP contribution in [0.5, 0.6) is 5.75 Å². The van der Waals surface area contributed by atoms with Crippen molar-refractivity contribution < 1.29 is 9.53 Å². The van der Waals surface area contributed by atoms with Crippen molar-refractivity contribution in [3.8, 4) is 16.9 Å². The van der Waals surface area contributed by atoms with Gasteiger partial charge in [0.05, 0.1) is 7.11 Å². The van der Waals surface area contributed by atoms with E-state index in [1.807, 2.05) is 48.5 Å². The van der Waals surface area contributed by atoms with E-state index in [1.54, 1.807) is 7.11 Å². The van der Waals surface area contributed by atoms with Crippen LogP contribution in [0.15, 0.2) is 60.7 Å². The first-order chi connectivity index (χ1) is 9.85. The first kappa shape index (κ1) is 12.4. The van der Waals surface area contributed by atoms with Gasteiger partial charge in [-0.2, -0.15) is 0 Å². The molecule has 3 aromatic carbocycles. The minimum Gasteiger partial charge on any atom is -0.496 e. The van der Waals surface area contributed by atoms with Gasteiger partial charge in [0.2, 0.25) is 0 Å². The molecule has 0 unspecified atom stereocenters. The molecule has 0 spiro atoms. The molecule has 0 fully saturated rings. The molecule has 0 saturated carbocycles. The van der Waals surface area contributed by atoms with Gasteiger partial charge < -0.3 is 4.74 Å². The molecule has 0 aliphatic carbocycles. The maximum Gasteiger partial charge on any atom is 0.150 e. The van der Waals surface area contributed by atoms with Gasteiger partial charge >= 0.3 is 0 Å². The van der Waals surface area contributed by atoms with Gasteiger partial charge in [-0.15, -0.1) is 0 Å². The number of hydrogen-bond donors (Lipinski definition) is 0. The monoisotopic (exact) mass is 262 g/mol. The fourth-order valence-corrected chi connectivity index (χ4v) is 2.53. The average Bonchev–Trinajstić information content (AvgIpc) is 2.53. The molecular formula is C18H14O2. The number of carbonyl (C=O) groups is 1. The second-order valence-electron chi connectivity index (χ2n) is 4.57. The summed E-state index contributed by atoms with van der Waals surface area (Å²) in [5.74, 6) is 0.776. The third kappa shape index (κ3) is 1.95. The number of ether oxygens (including phenoxy) is 1. The van der Waals surface area contributed by atoms with Gasteiger partial charge in [0.15, 0.2) is 6.29 Å². The number of fused-ring (bicyclic) bond motifs is 1. The highest BCUT2D eigenvalue weighted by molar-refractivity contribution is 6.03. The van der Waals surface area contributed by atoms with E-state index < -0.39 is 0 Å². The number of rotatable bonds is 3. The predicted molar refractivity (Wildman–Crippen MR) is 81.3 cm³/mol. The molecule has 3 rings (SSSR count). The molecule has 98 valence electrons. The smallest absolute Gasteiger partial charge is 0.150 e. The Morgan fingerprint density at radius 1 is 0.900 bits per heavy atom. The summed E-state index contributed by atoms with van der Waals surface area (Å²) >= 11 is 0. The highest BCUT2D eigenvalue weighted by Crippen LogP contribution is 2.38. The summed E-state index contributed by atoms with van der Waals surface area (Å²) in [6.45, 7) is 0.